The van der Waals surface area contributed by atoms with Gasteiger partial charge in [-0.2, -0.15) is 0 Å². The van der Waals surface area contributed by atoms with Crippen molar-refractivity contribution in [1.82, 2.24) is 0 Å². The fourth-order valence-electron chi connectivity index (χ4n) is 2.07. The van der Waals surface area contributed by atoms with Gasteiger partial charge in [-0.05, 0) is 49.6 Å². The summed E-state index contributed by atoms with van der Waals surface area (Å²) in [5.74, 6) is 0. The van der Waals surface area contributed by atoms with Crippen molar-refractivity contribution in [2.45, 2.75) is 30.6 Å². The van der Waals surface area contributed by atoms with Crippen LogP contribution in [0.1, 0.15) is 23.6 Å². The molecule has 4 heteroatoms. The van der Waals surface area contributed by atoms with Gasteiger partial charge >= 0.3 is 0 Å². The molecule has 0 fully saturated rings. The summed E-state index contributed by atoms with van der Waals surface area (Å²) in [6, 6.07) is 11.6. The largest absolute Gasteiger partial charge is 0.277 e. The van der Waals surface area contributed by atoms with Gasteiger partial charge in [-0.3, -0.25) is 10.1 Å². The molecule has 21 heavy (non-hydrogen) atoms. The Kier molecular flexibility index (Phi) is 4.48. The van der Waals surface area contributed by atoms with Gasteiger partial charge < -0.3 is 0 Å². The van der Waals surface area contributed by atoms with Crippen LogP contribution in [0.15, 0.2) is 52.8 Å². The molecule has 0 saturated heterocycles. The number of benzene rings is 2. The SMILES string of the molecule is C=C(C)c1cc(Sc2ccccc2C)c(C)cc1[N+](=O)[O-]. The zero-order valence-electron chi connectivity index (χ0n) is 12.3. The van der Waals surface area contributed by atoms with Crippen LogP contribution in [-0.4, -0.2) is 4.92 Å². The van der Waals surface area contributed by atoms with E-state index in [2.05, 4.69) is 25.6 Å². The third-order valence-corrected chi connectivity index (χ3v) is 4.60. The summed E-state index contributed by atoms with van der Waals surface area (Å²) in [6.45, 7) is 9.60. The minimum absolute atomic E-state index is 0.120. The van der Waals surface area contributed by atoms with Crippen LogP contribution in [0.5, 0.6) is 0 Å². The molecule has 108 valence electrons. The van der Waals surface area contributed by atoms with Crippen LogP contribution in [0.25, 0.3) is 5.57 Å². The smallest absolute Gasteiger partial charge is 0.258 e. The zero-order chi connectivity index (χ0) is 15.6. The number of aryl methyl sites for hydroxylation is 2. The Balaban J connectivity index is 2.50. The van der Waals surface area contributed by atoms with Gasteiger partial charge in [0.25, 0.3) is 5.69 Å². The quantitative estimate of drug-likeness (QED) is 0.561. The van der Waals surface area contributed by atoms with Crippen molar-refractivity contribution in [2.75, 3.05) is 0 Å². The van der Waals surface area contributed by atoms with Crippen LogP contribution >= 0.6 is 11.8 Å². The number of nitrogens with zero attached hydrogens (tertiary/aromatic N) is 1. The lowest BCUT2D eigenvalue weighted by Gasteiger charge is -2.11. The van der Waals surface area contributed by atoms with Gasteiger partial charge in [-0.1, -0.05) is 36.5 Å². The molecule has 2 aromatic rings. The lowest BCUT2D eigenvalue weighted by Crippen LogP contribution is -1.96. The summed E-state index contributed by atoms with van der Waals surface area (Å²) in [7, 11) is 0. The highest BCUT2D eigenvalue weighted by Crippen LogP contribution is 2.37. The summed E-state index contributed by atoms with van der Waals surface area (Å²) >= 11 is 1.63. The lowest BCUT2D eigenvalue weighted by atomic mass is 10.0. The van der Waals surface area contributed by atoms with Crippen LogP contribution in [0, 0.1) is 24.0 Å². The number of hydrogen-bond acceptors (Lipinski definition) is 3. The molecule has 0 aromatic heterocycles. The Morgan fingerprint density at radius 1 is 1.14 bits per heavy atom. The van der Waals surface area contributed by atoms with Gasteiger partial charge in [0, 0.05) is 15.9 Å². The van der Waals surface area contributed by atoms with Crippen molar-refractivity contribution < 1.29 is 4.92 Å². The molecule has 0 unspecified atom stereocenters. The standard InChI is InChI=1S/C17H17NO2S/c1-11(2)14-10-17(13(4)9-15(14)18(19)20)21-16-8-6-5-7-12(16)3/h5-10H,1H2,2-4H3. The summed E-state index contributed by atoms with van der Waals surface area (Å²) in [5.41, 5.74) is 3.52. The minimum Gasteiger partial charge on any atom is -0.258 e. The first-order valence-corrected chi connectivity index (χ1v) is 7.40. The molecule has 0 spiro atoms. The second-order valence-corrected chi connectivity index (χ2v) is 6.12. The monoisotopic (exact) mass is 299 g/mol. The van der Waals surface area contributed by atoms with E-state index in [0.717, 1.165) is 15.4 Å². The molecule has 0 amide bonds. The highest BCUT2D eigenvalue weighted by molar-refractivity contribution is 7.99. The molecule has 0 heterocycles. The first kappa shape index (κ1) is 15.3. The fraction of sp³-hybridized carbons (Fsp3) is 0.176. The van der Waals surface area contributed by atoms with Crippen LogP contribution in [0.2, 0.25) is 0 Å². The maximum Gasteiger partial charge on any atom is 0.277 e. The molecule has 0 saturated carbocycles. The van der Waals surface area contributed by atoms with E-state index in [9.17, 15) is 10.1 Å². The lowest BCUT2D eigenvalue weighted by molar-refractivity contribution is -0.385. The van der Waals surface area contributed by atoms with E-state index in [1.54, 1.807) is 24.8 Å². The van der Waals surface area contributed by atoms with Crippen molar-refractivity contribution in [3.8, 4) is 0 Å². The molecule has 0 radical (unpaired) electrons. The molecule has 0 bridgehead atoms. The Labute approximate surface area is 128 Å². The molecule has 0 aliphatic carbocycles. The van der Waals surface area contributed by atoms with Crippen LogP contribution in [-0.2, 0) is 0 Å². The normalized spacial score (nSPS) is 10.4. The molecule has 0 aliphatic heterocycles. The summed E-state index contributed by atoms with van der Waals surface area (Å²) in [6.07, 6.45) is 0. The Hall–Kier alpha value is -2.07. The minimum atomic E-state index is -0.348. The third-order valence-electron chi connectivity index (χ3n) is 3.26. The summed E-state index contributed by atoms with van der Waals surface area (Å²) in [5, 5.41) is 11.2. The number of nitro groups is 1. The molecule has 2 aromatic carbocycles. The number of hydrogen-bond donors (Lipinski definition) is 0. The maximum absolute atomic E-state index is 11.2. The Morgan fingerprint density at radius 3 is 2.38 bits per heavy atom. The molecule has 0 aliphatic rings. The highest BCUT2D eigenvalue weighted by atomic mass is 32.2. The van der Waals surface area contributed by atoms with E-state index in [1.165, 1.54) is 5.56 Å². The van der Waals surface area contributed by atoms with E-state index in [4.69, 9.17) is 0 Å². The van der Waals surface area contributed by atoms with Gasteiger partial charge in [-0.15, -0.1) is 0 Å². The van der Waals surface area contributed by atoms with Gasteiger partial charge in [0.15, 0.2) is 0 Å². The average molecular weight is 299 g/mol. The highest BCUT2D eigenvalue weighted by Gasteiger charge is 2.17. The van der Waals surface area contributed by atoms with E-state index in [1.807, 2.05) is 25.1 Å². The first-order chi connectivity index (χ1) is 9.90. The molecular weight excluding hydrogens is 282 g/mol. The van der Waals surface area contributed by atoms with Crippen LogP contribution in [0.3, 0.4) is 0 Å². The van der Waals surface area contributed by atoms with Crippen molar-refractivity contribution >= 4 is 23.0 Å². The molecule has 2 rings (SSSR count). The zero-order valence-corrected chi connectivity index (χ0v) is 13.2. The number of nitro benzene ring substituents is 1. The van der Waals surface area contributed by atoms with Crippen molar-refractivity contribution in [3.05, 3.63) is 69.8 Å². The van der Waals surface area contributed by atoms with E-state index in [0.29, 0.717) is 11.1 Å². The van der Waals surface area contributed by atoms with E-state index in [-0.39, 0.29) is 10.6 Å². The predicted molar refractivity (Wildman–Crippen MR) is 87.8 cm³/mol. The number of rotatable bonds is 4. The van der Waals surface area contributed by atoms with Crippen LogP contribution in [0.4, 0.5) is 5.69 Å². The van der Waals surface area contributed by atoms with E-state index < -0.39 is 0 Å². The Bertz CT molecular complexity index is 723. The van der Waals surface area contributed by atoms with E-state index >= 15 is 0 Å². The topological polar surface area (TPSA) is 43.1 Å². The molecule has 3 nitrogen and oxygen atoms in total. The van der Waals surface area contributed by atoms with Crippen molar-refractivity contribution in [1.29, 1.82) is 0 Å². The van der Waals surface area contributed by atoms with Crippen molar-refractivity contribution in [2.24, 2.45) is 0 Å². The Morgan fingerprint density at radius 2 is 1.81 bits per heavy atom. The summed E-state index contributed by atoms with van der Waals surface area (Å²) in [4.78, 5) is 13.0. The van der Waals surface area contributed by atoms with Gasteiger partial charge in [0.05, 0.1) is 10.5 Å². The first-order valence-electron chi connectivity index (χ1n) is 6.58. The second kappa shape index (κ2) is 6.14. The van der Waals surface area contributed by atoms with Gasteiger partial charge in [0.2, 0.25) is 0 Å². The number of allylic oxidation sites excluding steroid dienone is 1. The molecular formula is C17H17NO2S. The predicted octanol–water partition coefficient (Wildman–Crippen LogP) is 5.40. The van der Waals surface area contributed by atoms with Crippen LogP contribution < -0.4 is 0 Å². The second-order valence-electron chi connectivity index (χ2n) is 5.04. The maximum atomic E-state index is 11.2. The average Bonchev–Trinajstić information content (AvgIpc) is 2.42. The van der Waals surface area contributed by atoms with Gasteiger partial charge in [0.1, 0.15) is 0 Å². The fourth-order valence-corrected chi connectivity index (χ4v) is 3.07. The molecule has 0 N–H and O–H groups in total. The summed E-state index contributed by atoms with van der Waals surface area (Å²) < 4.78 is 0. The third kappa shape index (κ3) is 3.34. The molecule has 0 atom stereocenters. The van der Waals surface area contributed by atoms with Gasteiger partial charge in [-0.25, -0.2) is 0 Å². The van der Waals surface area contributed by atoms with Crippen molar-refractivity contribution in [3.63, 3.8) is 0 Å².